The first-order valence-electron chi connectivity index (χ1n) is 3.82. The van der Waals surface area contributed by atoms with Crippen molar-refractivity contribution in [1.82, 2.24) is 0 Å². The van der Waals surface area contributed by atoms with Crippen LogP contribution in [0, 0.1) is 6.92 Å². The molecule has 0 unspecified atom stereocenters. The Balaban J connectivity index is 0.000000561. The van der Waals surface area contributed by atoms with Gasteiger partial charge >= 0.3 is 0 Å². The molecular formula is C9H13Cl2N. The summed E-state index contributed by atoms with van der Waals surface area (Å²) < 4.78 is 0. The lowest BCUT2D eigenvalue weighted by molar-refractivity contribution is 1.47. The summed E-state index contributed by atoms with van der Waals surface area (Å²) in [6.45, 7) is 5.89. The Morgan fingerprint density at radius 3 is 1.92 bits per heavy atom. The lowest BCUT2D eigenvalue weighted by Gasteiger charge is -2.00. The minimum Gasteiger partial charge on any atom is -0.398 e. The number of benzene rings is 1. The highest BCUT2D eigenvalue weighted by atomic mass is 35.5. The summed E-state index contributed by atoms with van der Waals surface area (Å²) in [7, 11) is 0. The highest BCUT2D eigenvalue weighted by Gasteiger charge is 1.99. The van der Waals surface area contributed by atoms with Gasteiger partial charge in [-0.25, -0.2) is 0 Å². The van der Waals surface area contributed by atoms with Crippen LogP contribution >= 0.6 is 23.2 Å². The van der Waals surface area contributed by atoms with Gasteiger partial charge < -0.3 is 5.73 Å². The minimum absolute atomic E-state index is 0.504. The normalized spacial score (nSPS) is 8.75. The molecule has 0 radical (unpaired) electrons. The van der Waals surface area contributed by atoms with Crippen LogP contribution in [0.2, 0.25) is 10.0 Å². The second-order valence-corrected chi connectivity index (χ2v) is 2.94. The summed E-state index contributed by atoms with van der Waals surface area (Å²) >= 11 is 11.4. The molecule has 12 heavy (non-hydrogen) atoms. The van der Waals surface area contributed by atoms with Crippen LogP contribution in [0.4, 0.5) is 5.69 Å². The topological polar surface area (TPSA) is 26.0 Å². The van der Waals surface area contributed by atoms with Crippen LogP contribution in [-0.2, 0) is 0 Å². The highest BCUT2D eigenvalue weighted by molar-refractivity contribution is 6.42. The maximum absolute atomic E-state index is 5.70. The molecule has 0 fully saturated rings. The monoisotopic (exact) mass is 205 g/mol. The molecule has 68 valence electrons. The van der Waals surface area contributed by atoms with E-state index in [9.17, 15) is 0 Å². The van der Waals surface area contributed by atoms with Crippen molar-refractivity contribution in [2.45, 2.75) is 20.8 Å². The fourth-order valence-electron chi connectivity index (χ4n) is 0.662. The van der Waals surface area contributed by atoms with Gasteiger partial charge in [0.05, 0.1) is 10.0 Å². The van der Waals surface area contributed by atoms with E-state index in [-0.39, 0.29) is 0 Å². The van der Waals surface area contributed by atoms with Gasteiger partial charge in [0.25, 0.3) is 0 Å². The second-order valence-electron chi connectivity index (χ2n) is 2.12. The Labute approximate surface area is 83.5 Å². The Bertz CT molecular complexity index is 209. The lowest BCUT2D eigenvalue weighted by Crippen LogP contribution is -1.88. The quantitative estimate of drug-likeness (QED) is 0.640. The molecule has 0 amide bonds. The Morgan fingerprint density at radius 1 is 1.08 bits per heavy atom. The molecule has 0 aromatic heterocycles. The first-order chi connectivity index (χ1) is 5.61. The van der Waals surface area contributed by atoms with E-state index in [4.69, 9.17) is 28.9 Å². The number of hydrogen-bond acceptors (Lipinski definition) is 1. The van der Waals surface area contributed by atoms with E-state index in [0.717, 1.165) is 5.56 Å². The third kappa shape index (κ3) is 2.92. The molecule has 0 spiro atoms. The molecule has 0 aliphatic carbocycles. The van der Waals surface area contributed by atoms with Crippen molar-refractivity contribution in [3.8, 4) is 0 Å². The summed E-state index contributed by atoms with van der Waals surface area (Å²) in [5.74, 6) is 0. The van der Waals surface area contributed by atoms with Crippen molar-refractivity contribution in [3.63, 3.8) is 0 Å². The third-order valence-corrected chi connectivity index (χ3v) is 2.03. The molecule has 0 aliphatic rings. The summed E-state index contributed by atoms with van der Waals surface area (Å²) in [5.41, 5.74) is 7.17. The molecule has 2 N–H and O–H groups in total. The molecule has 0 bridgehead atoms. The standard InChI is InChI=1S/C7H7Cl2N.C2H6/c1-4-2-5(8)6(9)3-7(4)10;1-2/h2-3H,10H2,1H3;1-2H3. The van der Waals surface area contributed by atoms with Gasteiger partial charge in [-0.05, 0) is 24.6 Å². The first-order valence-corrected chi connectivity index (χ1v) is 4.58. The van der Waals surface area contributed by atoms with Crippen LogP contribution in [0.15, 0.2) is 12.1 Å². The molecule has 0 saturated carbocycles. The van der Waals surface area contributed by atoms with E-state index in [2.05, 4.69) is 0 Å². The zero-order chi connectivity index (χ0) is 9.72. The predicted octanol–water partition coefficient (Wildman–Crippen LogP) is 3.91. The first kappa shape index (κ1) is 11.6. The van der Waals surface area contributed by atoms with E-state index >= 15 is 0 Å². The summed E-state index contributed by atoms with van der Waals surface area (Å²) in [5, 5.41) is 1.05. The van der Waals surface area contributed by atoms with Crippen molar-refractivity contribution in [2.24, 2.45) is 0 Å². The van der Waals surface area contributed by atoms with Crippen LogP contribution in [0.25, 0.3) is 0 Å². The number of nitrogen functional groups attached to an aromatic ring is 1. The zero-order valence-electron chi connectivity index (χ0n) is 7.49. The SMILES string of the molecule is CC.Cc1cc(Cl)c(Cl)cc1N. The van der Waals surface area contributed by atoms with Crippen molar-refractivity contribution in [1.29, 1.82) is 0 Å². The van der Waals surface area contributed by atoms with Crippen molar-refractivity contribution in [3.05, 3.63) is 27.7 Å². The van der Waals surface area contributed by atoms with Crippen molar-refractivity contribution in [2.75, 3.05) is 5.73 Å². The molecule has 1 rings (SSSR count). The van der Waals surface area contributed by atoms with Gasteiger partial charge in [0.2, 0.25) is 0 Å². The average Bonchev–Trinajstić information content (AvgIpc) is 2.05. The summed E-state index contributed by atoms with van der Waals surface area (Å²) in [6.07, 6.45) is 0. The Morgan fingerprint density at radius 2 is 1.50 bits per heavy atom. The summed E-state index contributed by atoms with van der Waals surface area (Å²) in [6, 6.07) is 3.40. The Kier molecular flexibility index (Phi) is 5.11. The van der Waals surface area contributed by atoms with Crippen LogP contribution in [0.3, 0.4) is 0 Å². The molecule has 0 atom stereocenters. The number of anilines is 1. The van der Waals surface area contributed by atoms with E-state index in [1.54, 1.807) is 12.1 Å². The fraction of sp³-hybridized carbons (Fsp3) is 0.333. The lowest BCUT2D eigenvalue weighted by atomic mass is 10.2. The van der Waals surface area contributed by atoms with Gasteiger partial charge in [0.1, 0.15) is 0 Å². The van der Waals surface area contributed by atoms with Gasteiger partial charge in [0.15, 0.2) is 0 Å². The molecule has 1 aromatic carbocycles. The molecule has 1 nitrogen and oxygen atoms in total. The largest absolute Gasteiger partial charge is 0.398 e. The van der Waals surface area contributed by atoms with E-state index in [1.807, 2.05) is 20.8 Å². The van der Waals surface area contributed by atoms with Gasteiger partial charge in [-0.15, -0.1) is 0 Å². The third-order valence-electron chi connectivity index (χ3n) is 1.31. The number of hydrogen-bond donors (Lipinski definition) is 1. The predicted molar refractivity (Wildman–Crippen MR) is 57.0 cm³/mol. The van der Waals surface area contributed by atoms with E-state index in [1.165, 1.54) is 0 Å². The Hall–Kier alpha value is -0.400. The molecular weight excluding hydrogens is 193 g/mol. The van der Waals surface area contributed by atoms with Crippen molar-refractivity contribution < 1.29 is 0 Å². The molecule has 0 aliphatic heterocycles. The summed E-state index contributed by atoms with van der Waals surface area (Å²) in [4.78, 5) is 0. The maximum Gasteiger partial charge on any atom is 0.0612 e. The fourth-order valence-corrected chi connectivity index (χ4v) is 1.05. The molecule has 0 saturated heterocycles. The van der Waals surface area contributed by atoms with Gasteiger partial charge in [0, 0.05) is 5.69 Å². The average molecular weight is 206 g/mol. The van der Waals surface area contributed by atoms with Crippen LogP contribution in [0.5, 0.6) is 0 Å². The number of aryl methyl sites for hydroxylation is 1. The van der Waals surface area contributed by atoms with E-state index in [0.29, 0.717) is 15.7 Å². The van der Waals surface area contributed by atoms with Gasteiger partial charge in [-0.3, -0.25) is 0 Å². The highest BCUT2D eigenvalue weighted by Crippen LogP contribution is 2.26. The smallest absolute Gasteiger partial charge is 0.0612 e. The van der Waals surface area contributed by atoms with Gasteiger partial charge in [-0.1, -0.05) is 37.0 Å². The minimum atomic E-state index is 0.504. The van der Waals surface area contributed by atoms with Crippen molar-refractivity contribution >= 4 is 28.9 Å². The van der Waals surface area contributed by atoms with Crippen LogP contribution < -0.4 is 5.73 Å². The molecule has 3 heteroatoms. The maximum atomic E-state index is 5.70. The van der Waals surface area contributed by atoms with Crippen LogP contribution in [-0.4, -0.2) is 0 Å². The van der Waals surface area contributed by atoms with Gasteiger partial charge in [-0.2, -0.15) is 0 Å². The number of rotatable bonds is 0. The van der Waals surface area contributed by atoms with Crippen LogP contribution in [0.1, 0.15) is 19.4 Å². The second kappa shape index (κ2) is 5.28. The number of nitrogens with two attached hydrogens (primary N) is 1. The molecule has 1 aromatic rings. The number of halogens is 2. The molecule has 0 heterocycles. The zero-order valence-corrected chi connectivity index (χ0v) is 9.00. The van der Waals surface area contributed by atoms with E-state index < -0.39 is 0 Å².